The molecule has 0 radical (unpaired) electrons. The van der Waals surface area contributed by atoms with Crippen LogP contribution in [0.15, 0.2) is 48.7 Å². The molecule has 0 bridgehead atoms. The summed E-state index contributed by atoms with van der Waals surface area (Å²) < 4.78 is 1.92. The zero-order valence-corrected chi connectivity index (χ0v) is 13.4. The van der Waals surface area contributed by atoms with Crippen LogP contribution < -0.4 is 5.32 Å². The van der Waals surface area contributed by atoms with E-state index >= 15 is 0 Å². The smallest absolute Gasteiger partial charge is 0.257 e. The fourth-order valence-electron chi connectivity index (χ4n) is 3.07. The van der Waals surface area contributed by atoms with Gasteiger partial charge in [-0.15, -0.1) is 10.2 Å². The first-order valence-electron chi connectivity index (χ1n) is 8.19. The van der Waals surface area contributed by atoms with Crippen molar-refractivity contribution in [1.29, 1.82) is 0 Å². The molecule has 24 heavy (non-hydrogen) atoms. The highest BCUT2D eigenvalue weighted by atomic mass is 16.2. The SMILES string of the molecule is O=C(c1cccn2c(Cc3ccccc3)nnc12)N1CCNCC1. The van der Waals surface area contributed by atoms with Gasteiger partial charge in [0.15, 0.2) is 5.65 Å². The fraction of sp³-hybridized carbons (Fsp3) is 0.278. The van der Waals surface area contributed by atoms with Crippen molar-refractivity contribution in [3.8, 4) is 0 Å². The summed E-state index contributed by atoms with van der Waals surface area (Å²) in [5, 5.41) is 11.9. The molecule has 1 aliphatic rings. The summed E-state index contributed by atoms with van der Waals surface area (Å²) in [6.07, 6.45) is 2.61. The van der Waals surface area contributed by atoms with Gasteiger partial charge in [-0.2, -0.15) is 0 Å². The molecule has 0 aliphatic carbocycles. The maximum atomic E-state index is 12.8. The zero-order chi connectivity index (χ0) is 16.4. The number of aromatic nitrogens is 3. The van der Waals surface area contributed by atoms with Crippen LogP contribution in [-0.2, 0) is 6.42 Å². The molecule has 0 atom stereocenters. The molecule has 0 saturated carbocycles. The Kier molecular flexibility index (Phi) is 3.96. The minimum Gasteiger partial charge on any atom is -0.336 e. The van der Waals surface area contributed by atoms with Crippen LogP contribution in [0.25, 0.3) is 5.65 Å². The summed E-state index contributed by atoms with van der Waals surface area (Å²) in [6, 6.07) is 13.9. The van der Waals surface area contributed by atoms with Gasteiger partial charge in [0.1, 0.15) is 5.82 Å². The number of pyridine rings is 1. The minimum atomic E-state index is 0.0285. The number of rotatable bonds is 3. The second kappa shape index (κ2) is 6.41. The third kappa shape index (κ3) is 2.76. The number of carbonyl (C=O) groups is 1. The largest absolute Gasteiger partial charge is 0.336 e. The Morgan fingerprint density at radius 3 is 2.62 bits per heavy atom. The van der Waals surface area contributed by atoms with Crippen molar-refractivity contribution < 1.29 is 4.79 Å². The first-order valence-corrected chi connectivity index (χ1v) is 8.19. The van der Waals surface area contributed by atoms with Crippen molar-refractivity contribution >= 4 is 11.6 Å². The lowest BCUT2D eigenvalue weighted by Crippen LogP contribution is -2.46. The van der Waals surface area contributed by atoms with Crippen LogP contribution in [0, 0.1) is 0 Å². The zero-order valence-electron chi connectivity index (χ0n) is 13.4. The number of benzene rings is 1. The van der Waals surface area contributed by atoms with Crippen LogP contribution in [0.4, 0.5) is 0 Å². The molecule has 6 nitrogen and oxygen atoms in total. The van der Waals surface area contributed by atoms with Crippen LogP contribution in [0.3, 0.4) is 0 Å². The van der Waals surface area contributed by atoms with Gasteiger partial charge in [-0.3, -0.25) is 9.20 Å². The molecule has 1 saturated heterocycles. The summed E-state index contributed by atoms with van der Waals surface area (Å²) >= 11 is 0. The van der Waals surface area contributed by atoms with Gasteiger partial charge in [-0.05, 0) is 17.7 Å². The maximum absolute atomic E-state index is 12.8. The number of carbonyl (C=O) groups excluding carboxylic acids is 1. The van der Waals surface area contributed by atoms with Gasteiger partial charge in [0.25, 0.3) is 5.91 Å². The van der Waals surface area contributed by atoms with Gasteiger partial charge in [-0.25, -0.2) is 0 Å². The molecule has 3 aromatic rings. The highest BCUT2D eigenvalue weighted by Crippen LogP contribution is 2.15. The van der Waals surface area contributed by atoms with Crippen molar-refractivity contribution in [2.24, 2.45) is 0 Å². The Morgan fingerprint density at radius 2 is 1.83 bits per heavy atom. The number of amides is 1. The van der Waals surface area contributed by atoms with Gasteiger partial charge in [0, 0.05) is 38.8 Å². The van der Waals surface area contributed by atoms with Crippen molar-refractivity contribution in [3.05, 3.63) is 65.6 Å². The lowest BCUT2D eigenvalue weighted by molar-refractivity contribution is 0.0737. The summed E-state index contributed by atoms with van der Waals surface area (Å²) in [5.74, 6) is 0.868. The Balaban J connectivity index is 1.67. The van der Waals surface area contributed by atoms with Crippen LogP contribution >= 0.6 is 0 Å². The van der Waals surface area contributed by atoms with Gasteiger partial charge < -0.3 is 10.2 Å². The minimum absolute atomic E-state index is 0.0285. The molecule has 1 aromatic carbocycles. The van der Waals surface area contributed by atoms with Crippen molar-refractivity contribution in [1.82, 2.24) is 24.8 Å². The lowest BCUT2D eigenvalue weighted by atomic mass is 10.1. The molecule has 1 amide bonds. The molecule has 3 heterocycles. The van der Waals surface area contributed by atoms with Gasteiger partial charge >= 0.3 is 0 Å². The first-order chi connectivity index (χ1) is 11.8. The van der Waals surface area contributed by atoms with Gasteiger partial charge in [0.2, 0.25) is 0 Å². The van der Waals surface area contributed by atoms with Crippen molar-refractivity contribution in [3.63, 3.8) is 0 Å². The van der Waals surface area contributed by atoms with E-state index in [4.69, 9.17) is 0 Å². The molecule has 4 rings (SSSR count). The quantitative estimate of drug-likeness (QED) is 0.791. The Labute approximate surface area is 140 Å². The van der Waals surface area contributed by atoms with Crippen LogP contribution in [0.2, 0.25) is 0 Å². The summed E-state index contributed by atoms with van der Waals surface area (Å²) in [4.78, 5) is 14.7. The van der Waals surface area contributed by atoms with Gasteiger partial charge in [-0.1, -0.05) is 30.3 Å². The number of hydrogen-bond acceptors (Lipinski definition) is 4. The average Bonchev–Trinajstić information content (AvgIpc) is 3.06. The van der Waals surface area contributed by atoms with E-state index in [1.807, 2.05) is 45.8 Å². The highest BCUT2D eigenvalue weighted by molar-refractivity contribution is 5.99. The lowest BCUT2D eigenvalue weighted by Gasteiger charge is -2.27. The second-order valence-corrected chi connectivity index (χ2v) is 5.94. The second-order valence-electron chi connectivity index (χ2n) is 5.94. The van der Waals surface area contributed by atoms with E-state index in [9.17, 15) is 4.79 Å². The van der Waals surface area contributed by atoms with E-state index in [1.54, 1.807) is 0 Å². The van der Waals surface area contributed by atoms with E-state index in [2.05, 4.69) is 27.6 Å². The molecule has 0 spiro atoms. The van der Waals surface area contributed by atoms with Crippen LogP contribution in [0.5, 0.6) is 0 Å². The predicted molar refractivity (Wildman–Crippen MR) is 91.0 cm³/mol. The summed E-state index contributed by atoms with van der Waals surface area (Å²) in [6.45, 7) is 3.12. The van der Waals surface area contributed by atoms with Crippen molar-refractivity contribution in [2.45, 2.75) is 6.42 Å². The topological polar surface area (TPSA) is 62.5 Å². The van der Waals surface area contributed by atoms with Crippen LogP contribution in [0.1, 0.15) is 21.7 Å². The Bertz CT molecular complexity index is 852. The van der Waals surface area contributed by atoms with E-state index in [0.29, 0.717) is 17.6 Å². The number of nitrogens with zero attached hydrogens (tertiary/aromatic N) is 4. The highest BCUT2D eigenvalue weighted by Gasteiger charge is 2.21. The Morgan fingerprint density at radius 1 is 1.04 bits per heavy atom. The van der Waals surface area contributed by atoms with E-state index in [-0.39, 0.29) is 5.91 Å². The molecule has 1 N–H and O–H groups in total. The fourth-order valence-corrected chi connectivity index (χ4v) is 3.07. The Hall–Kier alpha value is -2.73. The van der Waals surface area contributed by atoms with E-state index in [0.717, 1.165) is 32.0 Å². The number of hydrogen-bond donors (Lipinski definition) is 1. The molecule has 1 aliphatic heterocycles. The molecular weight excluding hydrogens is 302 g/mol. The van der Waals surface area contributed by atoms with E-state index in [1.165, 1.54) is 5.56 Å². The molecule has 2 aromatic heterocycles. The standard InChI is InChI=1S/C18H19N5O/c24-18(22-11-8-19-9-12-22)15-7-4-10-23-16(20-21-17(15)23)13-14-5-2-1-3-6-14/h1-7,10,19H,8-9,11-13H2. The van der Waals surface area contributed by atoms with Crippen molar-refractivity contribution in [2.75, 3.05) is 26.2 Å². The maximum Gasteiger partial charge on any atom is 0.257 e. The van der Waals surface area contributed by atoms with Gasteiger partial charge in [0.05, 0.1) is 5.56 Å². The molecule has 122 valence electrons. The molecule has 1 fully saturated rings. The average molecular weight is 321 g/mol. The van der Waals surface area contributed by atoms with Crippen LogP contribution in [-0.4, -0.2) is 51.6 Å². The predicted octanol–water partition coefficient (Wildman–Crippen LogP) is 1.37. The summed E-state index contributed by atoms with van der Waals surface area (Å²) in [7, 11) is 0. The molecule has 6 heteroatoms. The summed E-state index contributed by atoms with van der Waals surface area (Å²) in [5.41, 5.74) is 2.42. The van der Waals surface area contributed by atoms with E-state index < -0.39 is 0 Å². The molecular formula is C18H19N5O. The number of fused-ring (bicyclic) bond motifs is 1. The monoisotopic (exact) mass is 321 g/mol. The third-order valence-corrected chi connectivity index (χ3v) is 4.35. The number of piperazine rings is 1. The first kappa shape index (κ1) is 14.8. The molecule has 0 unspecified atom stereocenters. The number of nitrogens with one attached hydrogen (secondary N) is 1. The normalized spacial score (nSPS) is 14.9. The third-order valence-electron chi connectivity index (χ3n) is 4.35.